The zero-order valence-corrected chi connectivity index (χ0v) is 15.9. The number of aliphatic hydroxyl groups is 1. The minimum Gasteiger partial charge on any atom is -0.429 e. The van der Waals surface area contributed by atoms with Crippen LogP contribution in [0.5, 0.6) is 0 Å². The van der Waals surface area contributed by atoms with Crippen LogP contribution in [0.4, 0.5) is 0 Å². The highest BCUT2D eigenvalue weighted by atomic mass is 32.2. The Kier molecular flexibility index (Phi) is 11.0. The molecular formula is C17H32N2O5S. The average molecular weight is 377 g/mol. The maximum atomic E-state index is 11.8. The van der Waals surface area contributed by atoms with E-state index in [-0.39, 0.29) is 12.1 Å². The smallest absolute Gasteiger partial charge is 0.333 e. The first-order valence-electron chi connectivity index (χ1n) is 9.28. The maximum absolute atomic E-state index is 11.8. The fraction of sp³-hybridized carbons (Fsp3) is 0.824. The molecule has 146 valence electrons. The van der Waals surface area contributed by atoms with Crippen LogP contribution in [0.25, 0.3) is 0 Å². The van der Waals surface area contributed by atoms with Gasteiger partial charge in [-0.2, -0.15) is 13.1 Å². The Morgan fingerprint density at radius 1 is 1.00 bits per heavy atom. The number of nitrogens with one attached hydrogen (secondary N) is 2. The monoisotopic (exact) mass is 376 g/mol. The van der Waals surface area contributed by atoms with Crippen LogP contribution in [0.2, 0.25) is 0 Å². The minimum atomic E-state index is -3.64. The van der Waals surface area contributed by atoms with Crippen molar-refractivity contribution in [1.29, 1.82) is 0 Å². The molecule has 1 atom stereocenters. The van der Waals surface area contributed by atoms with Crippen LogP contribution >= 0.6 is 0 Å². The molecule has 0 saturated heterocycles. The second-order valence-electron chi connectivity index (χ2n) is 6.41. The molecule has 1 heterocycles. The lowest BCUT2D eigenvalue weighted by molar-refractivity contribution is -0.151. The van der Waals surface area contributed by atoms with Gasteiger partial charge in [-0.25, -0.2) is 9.52 Å². The zero-order valence-electron chi connectivity index (χ0n) is 15.1. The molecule has 1 aliphatic rings. The summed E-state index contributed by atoms with van der Waals surface area (Å²) in [7, 11) is -3.64. The first kappa shape index (κ1) is 22.1. The van der Waals surface area contributed by atoms with Crippen molar-refractivity contribution in [2.75, 3.05) is 13.1 Å². The van der Waals surface area contributed by atoms with Crippen molar-refractivity contribution in [3.63, 3.8) is 0 Å². The van der Waals surface area contributed by atoms with Crippen LogP contribution < -0.4 is 9.44 Å². The largest absolute Gasteiger partial charge is 0.429 e. The topological polar surface area (TPSA) is 105 Å². The standard InChI is InChI=1S/C17H32N2O5S/c1-2-3-4-5-6-7-8-9-10-11-12-18-25(22,23)19-14-15-13-16(20)24-17(15)21/h13,17-19,21H,2-12,14H2,1H3. The molecule has 0 aromatic carbocycles. The molecule has 7 nitrogen and oxygen atoms in total. The van der Waals surface area contributed by atoms with E-state index in [4.69, 9.17) is 0 Å². The number of aliphatic hydroxyl groups excluding tert-OH is 1. The Labute approximate surface area is 151 Å². The number of carbonyl (C=O) groups excluding carboxylic acids is 1. The molecule has 3 N–H and O–H groups in total. The summed E-state index contributed by atoms with van der Waals surface area (Å²) >= 11 is 0. The number of hydrogen-bond acceptors (Lipinski definition) is 5. The number of esters is 1. The quantitative estimate of drug-likeness (QED) is 0.300. The third-order valence-electron chi connectivity index (χ3n) is 4.14. The Hall–Kier alpha value is -0.960. The second kappa shape index (κ2) is 12.4. The van der Waals surface area contributed by atoms with Crippen molar-refractivity contribution in [2.24, 2.45) is 0 Å². The SMILES string of the molecule is CCCCCCCCCCCCNS(=O)(=O)NCC1=CC(=O)OC1O. The molecule has 0 saturated carbocycles. The highest BCUT2D eigenvalue weighted by Gasteiger charge is 2.24. The average Bonchev–Trinajstić information content (AvgIpc) is 2.88. The normalized spacial score (nSPS) is 17.6. The van der Waals surface area contributed by atoms with Gasteiger partial charge in [-0.05, 0) is 6.42 Å². The lowest BCUT2D eigenvalue weighted by Crippen LogP contribution is -2.38. The third-order valence-corrected chi connectivity index (χ3v) is 5.25. The summed E-state index contributed by atoms with van der Waals surface area (Å²) in [6, 6.07) is 0. The number of hydrogen-bond donors (Lipinski definition) is 3. The van der Waals surface area contributed by atoms with E-state index in [2.05, 4.69) is 21.1 Å². The van der Waals surface area contributed by atoms with E-state index in [0.29, 0.717) is 6.54 Å². The van der Waals surface area contributed by atoms with Gasteiger partial charge in [0, 0.05) is 24.7 Å². The van der Waals surface area contributed by atoms with E-state index in [1.165, 1.54) is 44.9 Å². The highest BCUT2D eigenvalue weighted by molar-refractivity contribution is 7.87. The van der Waals surface area contributed by atoms with Gasteiger partial charge in [-0.3, -0.25) is 0 Å². The molecule has 0 radical (unpaired) electrons. The van der Waals surface area contributed by atoms with Crippen molar-refractivity contribution in [3.8, 4) is 0 Å². The molecule has 1 unspecified atom stereocenters. The van der Waals surface area contributed by atoms with Crippen LogP contribution in [-0.4, -0.2) is 38.9 Å². The Morgan fingerprint density at radius 2 is 1.56 bits per heavy atom. The molecule has 25 heavy (non-hydrogen) atoms. The summed E-state index contributed by atoms with van der Waals surface area (Å²) in [5.74, 6) is -0.667. The minimum absolute atomic E-state index is 0.153. The van der Waals surface area contributed by atoms with Gasteiger partial charge in [0.15, 0.2) is 0 Å². The number of carbonyl (C=O) groups is 1. The molecule has 0 aliphatic carbocycles. The van der Waals surface area contributed by atoms with Gasteiger partial charge in [0.1, 0.15) is 0 Å². The predicted octanol–water partition coefficient (Wildman–Crippen LogP) is 2.13. The van der Waals surface area contributed by atoms with E-state index >= 15 is 0 Å². The summed E-state index contributed by atoms with van der Waals surface area (Å²) < 4.78 is 32.8. The van der Waals surface area contributed by atoms with Crippen molar-refractivity contribution in [1.82, 2.24) is 9.44 Å². The summed E-state index contributed by atoms with van der Waals surface area (Å²) in [5.41, 5.74) is 0.203. The lowest BCUT2D eigenvalue weighted by atomic mass is 10.1. The van der Waals surface area contributed by atoms with Gasteiger partial charge in [-0.15, -0.1) is 0 Å². The molecular weight excluding hydrogens is 344 g/mol. The Bertz CT molecular complexity index is 519. The van der Waals surface area contributed by atoms with Gasteiger partial charge >= 0.3 is 5.97 Å². The first-order chi connectivity index (χ1) is 11.9. The van der Waals surface area contributed by atoms with E-state index in [1.807, 2.05) is 0 Å². The predicted molar refractivity (Wildman–Crippen MR) is 97.0 cm³/mol. The Balaban J connectivity index is 1.99. The van der Waals surface area contributed by atoms with Gasteiger partial charge in [0.25, 0.3) is 10.2 Å². The summed E-state index contributed by atoms with van der Waals surface area (Å²) in [4.78, 5) is 10.9. The lowest BCUT2D eigenvalue weighted by Gasteiger charge is -2.10. The molecule has 1 rings (SSSR count). The number of cyclic esters (lactones) is 1. The fourth-order valence-electron chi connectivity index (χ4n) is 2.63. The number of unbranched alkanes of at least 4 members (excludes halogenated alkanes) is 9. The van der Waals surface area contributed by atoms with Crippen molar-refractivity contribution < 1.29 is 23.1 Å². The summed E-state index contributed by atoms with van der Waals surface area (Å²) in [5, 5.41) is 9.37. The molecule has 0 amide bonds. The van der Waals surface area contributed by atoms with Crippen LogP contribution in [0, 0.1) is 0 Å². The van der Waals surface area contributed by atoms with E-state index in [9.17, 15) is 18.3 Å². The molecule has 0 aromatic rings. The number of rotatable bonds is 15. The van der Waals surface area contributed by atoms with Crippen LogP contribution in [0.3, 0.4) is 0 Å². The van der Waals surface area contributed by atoms with E-state index in [0.717, 1.165) is 25.3 Å². The van der Waals surface area contributed by atoms with Gasteiger partial charge < -0.3 is 9.84 Å². The molecule has 0 bridgehead atoms. The van der Waals surface area contributed by atoms with Crippen molar-refractivity contribution in [2.45, 2.75) is 77.4 Å². The Morgan fingerprint density at radius 3 is 2.08 bits per heavy atom. The maximum Gasteiger partial charge on any atom is 0.333 e. The summed E-state index contributed by atoms with van der Waals surface area (Å²) in [6.07, 6.45) is 11.7. The first-order valence-corrected chi connectivity index (χ1v) is 10.8. The zero-order chi connectivity index (χ0) is 18.5. The molecule has 0 aromatic heterocycles. The van der Waals surface area contributed by atoms with Gasteiger partial charge in [0.2, 0.25) is 6.29 Å². The third kappa shape index (κ3) is 10.6. The van der Waals surface area contributed by atoms with Crippen molar-refractivity contribution >= 4 is 16.2 Å². The van der Waals surface area contributed by atoms with Gasteiger partial charge in [0.05, 0.1) is 0 Å². The second-order valence-corrected chi connectivity index (χ2v) is 7.99. The summed E-state index contributed by atoms with van der Waals surface area (Å²) in [6.45, 7) is 2.44. The van der Waals surface area contributed by atoms with Gasteiger partial charge in [-0.1, -0.05) is 64.7 Å². The molecule has 0 spiro atoms. The van der Waals surface area contributed by atoms with Crippen molar-refractivity contribution in [3.05, 3.63) is 11.6 Å². The van der Waals surface area contributed by atoms with Crippen LogP contribution in [0.1, 0.15) is 71.1 Å². The van der Waals surface area contributed by atoms with E-state index < -0.39 is 22.5 Å². The number of ether oxygens (including phenoxy) is 1. The highest BCUT2D eigenvalue weighted by Crippen LogP contribution is 2.12. The van der Waals surface area contributed by atoms with E-state index in [1.54, 1.807) is 0 Å². The molecule has 0 fully saturated rings. The fourth-order valence-corrected chi connectivity index (χ4v) is 3.50. The van der Waals surface area contributed by atoms with Crippen LogP contribution in [-0.2, 0) is 19.7 Å². The molecule has 1 aliphatic heterocycles. The molecule has 8 heteroatoms. The van der Waals surface area contributed by atoms with Crippen LogP contribution in [0.15, 0.2) is 11.6 Å².